The number of guanidine groups is 1. The first-order chi connectivity index (χ1) is 22.7. The number of anilines is 2. The number of aromatic nitrogens is 3. The third-order valence-corrected chi connectivity index (χ3v) is 11.2. The van der Waals surface area contributed by atoms with Gasteiger partial charge < -0.3 is 19.9 Å². The Morgan fingerprint density at radius 2 is 1.85 bits per heavy atom. The molecule has 4 aliphatic rings. The van der Waals surface area contributed by atoms with Crippen LogP contribution < -0.4 is 20.5 Å². The fraction of sp³-hybridized carbons (Fsp3) is 0.459. The molecule has 9 nitrogen and oxygen atoms in total. The van der Waals surface area contributed by atoms with E-state index in [1.54, 1.807) is 23.0 Å². The van der Waals surface area contributed by atoms with Gasteiger partial charge in [0, 0.05) is 62.6 Å². The van der Waals surface area contributed by atoms with E-state index in [2.05, 4.69) is 58.0 Å². The first-order valence-corrected chi connectivity index (χ1v) is 16.8. The molecule has 0 spiro atoms. The van der Waals surface area contributed by atoms with E-state index in [9.17, 15) is 9.18 Å². The van der Waals surface area contributed by atoms with Gasteiger partial charge in [-0.2, -0.15) is 0 Å². The molecule has 1 unspecified atom stereocenters. The van der Waals surface area contributed by atoms with Gasteiger partial charge in [-0.15, -0.1) is 0 Å². The van der Waals surface area contributed by atoms with Crippen molar-refractivity contribution in [1.29, 1.82) is 0 Å². The monoisotopic (exact) mass is 637 g/mol. The highest BCUT2D eigenvalue weighted by atomic mass is 19.1. The molecule has 1 saturated heterocycles. The molecule has 2 bridgehead atoms. The number of hydrogen-bond donors (Lipinski definition) is 1. The summed E-state index contributed by atoms with van der Waals surface area (Å²) in [4.78, 5) is 32.4. The highest BCUT2D eigenvalue weighted by Crippen LogP contribution is 2.61. The molecular formula is C37H44FN7O2. The fourth-order valence-corrected chi connectivity index (χ4v) is 8.00. The van der Waals surface area contributed by atoms with Gasteiger partial charge in [-0.05, 0) is 84.4 Å². The molecule has 0 radical (unpaired) electrons. The van der Waals surface area contributed by atoms with Gasteiger partial charge in [-0.1, -0.05) is 26.8 Å². The van der Waals surface area contributed by atoms with E-state index in [0.717, 1.165) is 50.2 Å². The molecule has 10 heteroatoms. The van der Waals surface area contributed by atoms with Crippen LogP contribution >= 0.6 is 0 Å². The Balaban J connectivity index is 1.11. The number of nitrogens with zero attached hydrogens (tertiary/aromatic N) is 6. The number of nitrogens with one attached hydrogen (secondary N) is 1. The van der Waals surface area contributed by atoms with E-state index in [0.29, 0.717) is 52.4 Å². The molecule has 2 aromatic carbocycles. The van der Waals surface area contributed by atoms with Crippen molar-refractivity contribution in [2.75, 3.05) is 43.5 Å². The number of benzene rings is 2. The Morgan fingerprint density at radius 3 is 2.55 bits per heavy atom. The smallest absolute Gasteiger partial charge is 0.261 e. The fourth-order valence-electron chi connectivity index (χ4n) is 8.00. The predicted molar refractivity (Wildman–Crippen MR) is 185 cm³/mol. The number of aryl methyl sites for hydroxylation is 2. The van der Waals surface area contributed by atoms with Crippen molar-refractivity contribution >= 4 is 28.2 Å². The number of fused-ring (bicyclic) bond motifs is 3. The Labute approximate surface area is 275 Å². The largest absolute Gasteiger partial charge is 0.497 e. The lowest BCUT2D eigenvalue weighted by molar-refractivity contribution is -0.108. The molecule has 3 heterocycles. The number of halogens is 1. The lowest BCUT2D eigenvalue weighted by atomic mass is 9.45. The first-order valence-electron chi connectivity index (χ1n) is 16.8. The minimum Gasteiger partial charge on any atom is -0.497 e. The highest BCUT2D eigenvalue weighted by Gasteiger charge is 2.56. The summed E-state index contributed by atoms with van der Waals surface area (Å²) in [6.07, 6.45) is 8.05. The summed E-state index contributed by atoms with van der Waals surface area (Å²) in [5, 5.41) is 4.19. The maximum atomic E-state index is 14.5. The molecule has 47 heavy (non-hydrogen) atoms. The second-order valence-electron chi connectivity index (χ2n) is 14.0. The SMILES string of the molecule is COc1ccc(CCn2cnc3cc(NC(=NC4C[C@H]5C[C@H]([C@H]4C)C5(C)C)N4CCN(c5ccncc5)CC4)ccc3c2=O)c(F)c1. The first kappa shape index (κ1) is 31.1. The number of aliphatic imine (C=N–C) groups is 1. The third kappa shape index (κ3) is 6.05. The van der Waals surface area contributed by atoms with Crippen LogP contribution in [0.5, 0.6) is 5.75 Å². The minimum atomic E-state index is -0.346. The van der Waals surface area contributed by atoms with Gasteiger partial charge in [0.2, 0.25) is 0 Å². The van der Waals surface area contributed by atoms with Crippen LogP contribution in [0.3, 0.4) is 0 Å². The molecule has 246 valence electrons. The topological polar surface area (TPSA) is 87.9 Å². The summed E-state index contributed by atoms with van der Waals surface area (Å²) in [7, 11) is 1.51. The number of methoxy groups -OCH3 is 1. The molecule has 0 amide bonds. The maximum absolute atomic E-state index is 14.5. The van der Waals surface area contributed by atoms with Crippen molar-refractivity contribution in [2.24, 2.45) is 28.2 Å². The molecule has 4 fully saturated rings. The summed E-state index contributed by atoms with van der Waals surface area (Å²) in [5.41, 5.74) is 3.44. The molecule has 1 N–H and O–H groups in total. The van der Waals surface area contributed by atoms with Gasteiger partial charge in [0.1, 0.15) is 11.6 Å². The average molecular weight is 638 g/mol. The third-order valence-electron chi connectivity index (χ3n) is 11.2. The van der Waals surface area contributed by atoms with E-state index < -0.39 is 0 Å². The molecular weight excluding hydrogens is 593 g/mol. The Hall–Kier alpha value is -4.47. The molecule has 4 atom stereocenters. The number of hydrogen-bond acceptors (Lipinski definition) is 6. The zero-order valence-corrected chi connectivity index (χ0v) is 27.7. The lowest BCUT2D eigenvalue weighted by Gasteiger charge is -2.61. The minimum absolute atomic E-state index is 0.144. The van der Waals surface area contributed by atoms with E-state index in [4.69, 9.17) is 9.73 Å². The van der Waals surface area contributed by atoms with Crippen molar-refractivity contribution in [3.63, 3.8) is 0 Å². The highest BCUT2D eigenvalue weighted by molar-refractivity contribution is 5.96. The Morgan fingerprint density at radius 1 is 1.06 bits per heavy atom. The van der Waals surface area contributed by atoms with Gasteiger partial charge >= 0.3 is 0 Å². The Bertz CT molecular complexity index is 1830. The van der Waals surface area contributed by atoms with Gasteiger partial charge in [0.15, 0.2) is 5.96 Å². The van der Waals surface area contributed by atoms with Crippen LogP contribution in [0.4, 0.5) is 15.8 Å². The number of rotatable bonds is 7. The van der Waals surface area contributed by atoms with Gasteiger partial charge in [0.05, 0.1) is 30.4 Å². The zero-order chi connectivity index (χ0) is 32.7. The second-order valence-corrected chi connectivity index (χ2v) is 14.0. The molecule has 3 aliphatic carbocycles. The summed E-state index contributed by atoms with van der Waals surface area (Å²) in [5.74, 6) is 2.96. The van der Waals surface area contributed by atoms with Crippen molar-refractivity contribution in [3.05, 3.63) is 89.0 Å². The maximum Gasteiger partial charge on any atom is 0.261 e. The molecule has 2 aromatic heterocycles. The Kier molecular flexibility index (Phi) is 8.36. The van der Waals surface area contributed by atoms with Gasteiger partial charge in [-0.25, -0.2) is 14.4 Å². The van der Waals surface area contributed by atoms with Crippen LogP contribution in [0.15, 0.2) is 77.0 Å². The van der Waals surface area contributed by atoms with E-state index in [1.807, 2.05) is 30.6 Å². The molecule has 8 rings (SSSR count). The summed E-state index contributed by atoms with van der Waals surface area (Å²) in [6, 6.07) is 14.9. The number of pyridine rings is 1. The summed E-state index contributed by atoms with van der Waals surface area (Å²) >= 11 is 0. The zero-order valence-electron chi connectivity index (χ0n) is 27.7. The van der Waals surface area contributed by atoms with Gasteiger partial charge in [0.25, 0.3) is 5.56 Å². The van der Waals surface area contributed by atoms with Crippen LogP contribution in [-0.2, 0) is 13.0 Å². The standard InChI is InChI=1S/C37H44FN7O2/c1-24-31-19-26(37(31,2)3)20-33(24)42-36(44-17-15-43(16-18-44)28-9-12-39-13-10-28)41-27-6-8-30-34(21-27)40-23-45(35(30)46)14-11-25-5-7-29(47-4)22-32(25)38/h5-10,12-13,21-24,26,31,33H,11,14-20H2,1-4H3,(H,41,42)/t24-,26-,31-,33?/m1/s1. The predicted octanol–water partition coefficient (Wildman–Crippen LogP) is 5.84. The van der Waals surface area contributed by atoms with E-state index in [-0.39, 0.29) is 17.4 Å². The van der Waals surface area contributed by atoms with Gasteiger partial charge in [-0.3, -0.25) is 14.3 Å². The van der Waals surface area contributed by atoms with Crippen LogP contribution in [0.1, 0.15) is 39.2 Å². The second kappa shape index (κ2) is 12.6. The lowest BCUT2D eigenvalue weighted by Crippen LogP contribution is -2.57. The van der Waals surface area contributed by atoms with E-state index >= 15 is 0 Å². The van der Waals surface area contributed by atoms with Crippen LogP contribution in [0, 0.1) is 29.0 Å². The number of ether oxygens (including phenoxy) is 1. The van der Waals surface area contributed by atoms with Crippen LogP contribution in [0.2, 0.25) is 0 Å². The van der Waals surface area contributed by atoms with E-state index in [1.165, 1.54) is 25.3 Å². The van der Waals surface area contributed by atoms with Crippen LogP contribution in [-0.4, -0.2) is 64.7 Å². The normalized spacial score (nSPS) is 23.8. The quantitative estimate of drug-likeness (QED) is 0.201. The number of piperazine rings is 1. The van der Waals surface area contributed by atoms with Crippen LogP contribution in [0.25, 0.3) is 10.9 Å². The molecule has 4 aromatic rings. The summed E-state index contributed by atoms with van der Waals surface area (Å²) in [6.45, 7) is 11.0. The molecule has 1 aliphatic heterocycles. The average Bonchev–Trinajstić information content (AvgIpc) is 3.09. The van der Waals surface area contributed by atoms with Crippen molar-refractivity contribution in [2.45, 2.75) is 52.6 Å². The summed E-state index contributed by atoms with van der Waals surface area (Å²) < 4.78 is 21.1. The van der Waals surface area contributed by atoms with Crippen molar-refractivity contribution in [1.82, 2.24) is 19.4 Å². The van der Waals surface area contributed by atoms with Crippen molar-refractivity contribution in [3.8, 4) is 5.75 Å². The van der Waals surface area contributed by atoms with Crippen molar-refractivity contribution < 1.29 is 9.13 Å². The molecule has 3 saturated carbocycles.